The first kappa shape index (κ1) is 10.4. The predicted octanol–water partition coefficient (Wildman–Crippen LogP) is 2.78. The van der Waals surface area contributed by atoms with Crippen LogP contribution >= 0.6 is 11.5 Å². The summed E-state index contributed by atoms with van der Waals surface area (Å²) in [5.74, 6) is -0.525. The van der Waals surface area contributed by atoms with Crippen molar-refractivity contribution in [3.63, 3.8) is 0 Å². The zero-order valence-corrected chi connectivity index (χ0v) is 9.78. The van der Waals surface area contributed by atoms with Crippen molar-refractivity contribution in [3.8, 4) is 11.4 Å². The zero-order chi connectivity index (χ0) is 11.8. The van der Waals surface area contributed by atoms with Gasteiger partial charge in [-0.25, -0.2) is 4.79 Å². The van der Waals surface area contributed by atoms with Gasteiger partial charge >= 0.3 is 5.97 Å². The Balaban J connectivity index is 2.14. The molecule has 0 bridgehead atoms. The van der Waals surface area contributed by atoms with Crippen LogP contribution in [0.15, 0.2) is 24.4 Å². The average Bonchev–Trinajstić information content (AvgIpc) is 3.08. The summed E-state index contributed by atoms with van der Waals surface area (Å²) in [4.78, 5) is 15.8. The minimum Gasteiger partial charge on any atom is -0.477 e. The van der Waals surface area contributed by atoms with E-state index in [1.807, 2.05) is 18.2 Å². The molecule has 1 fully saturated rings. The summed E-state index contributed by atoms with van der Waals surface area (Å²) in [6.07, 6.45) is 3.81. The Morgan fingerprint density at radius 3 is 2.82 bits per heavy atom. The summed E-state index contributed by atoms with van der Waals surface area (Å²) < 4.78 is 4.27. The molecule has 2 aromatic rings. The summed E-state index contributed by atoms with van der Waals surface area (Å²) in [6.45, 7) is 0. The van der Waals surface area contributed by atoms with Crippen molar-refractivity contribution in [1.29, 1.82) is 0 Å². The maximum atomic E-state index is 11.1. The van der Waals surface area contributed by atoms with Crippen LogP contribution in [0.25, 0.3) is 11.4 Å². The van der Waals surface area contributed by atoms with Crippen molar-refractivity contribution < 1.29 is 9.90 Å². The van der Waals surface area contributed by atoms with Crippen molar-refractivity contribution in [2.24, 2.45) is 0 Å². The molecule has 3 rings (SSSR count). The molecular formula is C12H10N2O2S. The smallest absolute Gasteiger partial charge is 0.347 e. The molecule has 0 saturated heterocycles. The number of pyridine rings is 1. The fraction of sp³-hybridized carbons (Fsp3) is 0.250. The Bertz CT molecular complexity index is 561. The molecule has 0 atom stereocenters. The minimum absolute atomic E-state index is 0.358. The van der Waals surface area contributed by atoms with Crippen LogP contribution in [0.3, 0.4) is 0 Å². The maximum Gasteiger partial charge on any atom is 0.347 e. The van der Waals surface area contributed by atoms with Crippen LogP contribution in [-0.4, -0.2) is 20.4 Å². The second kappa shape index (κ2) is 3.92. The number of carboxylic acid groups (broad SMARTS) is 1. The molecule has 0 aliphatic heterocycles. The zero-order valence-electron chi connectivity index (χ0n) is 8.96. The van der Waals surface area contributed by atoms with Gasteiger partial charge in [0, 0.05) is 11.8 Å². The Morgan fingerprint density at radius 2 is 2.24 bits per heavy atom. The molecule has 0 amide bonds. The highest BCUT2D eigenvalue weighted by Gasteiger charge is 2.33. The molecule has 1 aliphatic rings. The maximum absolute atomic E-state index is 11.1. The van der Waals surface area contributed by atoms with Gasteiger partial charge in [-0.2, -0.15) is 4.37 Å². The van der Waals surface area contributed by atoms with Gasteiger partial charge in [-0.15, -0.1) is 0 Å². The van der Waals surface area contributed by atoms with Gasteiger partial charge in [-0.3, -0.25) is 4.98 Å². The molecule has 1 N–H and O–H groups in total. The summed E-state index contributed by atoms with van der Waals surface area (Å²) in [5.41, 5.74) is 2.38. The fourth-order valence-corrected chi connectivity index (χ4v) is 2.70. The summed E-state index contributed by atoms with van der Waals surface area (Å²) in [5, 5.41) is 9.15. The van der Waals surface area contributed by atoms with E-state index in [2.05, 4.69) is 9.36 Å². The van der Waals surface area contributed by atoms with Crippen molar-refractivity contribution in [3.05, 3.63) is 34.8 Å². The molecule has 2 aromatic heterocycles. The Morgan fingerprint density at radius 1 is 1.41 bits per heavy atom. The molecule has 1 aliphatic carbocycles. The number of hydrogen-bond acceptors (Lipinski definition) is 4. The number of aromatic carboxylic acids is 1. The lowest BCUT2D eigenvalue weighted by atomic mass is 10.1. The second-order valence-corrected chi connectivity index (χ2v) is 4.84. The number of rotatable bonds is 3. The molecule has 5 heteroatoms. The van der Waals surface area contributed by atoms with E-state index in [0.29, 0.717) is 10.8 Å². The topological polar surface area (TPSA) is 63.1 Å². The lowest BCUT2D eigenvalue weighted by Crippen LogP contribution is -1.98. The summed E-state index contributed by atoms with van der Waals surface area (Å²) in [7, 11) is 0. The van der Waals surface area contributed by atoms with Crippen molar-refractivity contribution in [1.82, 2.24) is 9.36 Å². The predicted molar refractivity (Wildman–Crippen MR) is 64.3 cm³/mol. The second-order valence-electron chi connectivity index (χ2n) is 4.07. The van der Waals surface area contributed by atoms with Crippen LogP contribution in [0.2, 0.25) is 0 Å². The van der Waals surface area contributed by atoms with Crippen molar-refractivity contribution in [2.45, 2.75) is 18.8 Å². The fourth-order valence-electron chi connectivity index (χ4n) is 1.89. The number of hydrogen-bond donors (Lipinski definition) is 1. The highest BCUT2D eigenvalue weighted by atomic mass is 32.1. The largest absolute Gasteiger partial charge is 0.477 e. The van der Waals surface area contributed by atoms with E-state index in [1.54, 1.807) is 6.20 Å². The quantitative estimate of drug-likeness (QED) is 0.904. The third kappa shape index (κ3) is 1.82. The lowest BCUT2D eigenvalue weighted by molar-refractivity contribution is 0.0701. The van der Waals surface area contributed by atoms with Gasteiger partial charge in [-0.05, 0) is 42.4 Å². The van der Waals surface area contributed by atoms with E-state index in [9.17, 15) is 4.79 Å². The van der Waals surface area contributed by atoms with Gasteiger partial charge in [-0.1, -0.05) is 6.07 Å². The van der Waals surface area contributed by atoms with Crippen LogP contribution in [-0.2, 0) is 0 Å². The number of carbonyl (C=O) groups is 1. The molecule has 0 spiro atoms. The highest BCUT2D eigenvalue weighted by molar-refractivity contribution is 7.08. The van der Waals surface area contributed by atoms with Crippen LogP contribution in [0.5, 0.6) is 0 Å². The van der Waals surface area contributed by atoms with E-state index >= 15 is 0 Å². The number of aromatic nitrogens is 2. The van der Waals surface area contributed by atoms with Gasteiger partial charge < -0.3 is 5.11 Å². The lowest BCUT2D eigenvalue weighted by Gasteiger charge is -2.01. The Hall–Kier alpha value is -1.75. The molecule has 4 nitrogen and oxygen atoms in total. The summed E-state index contributed by atoms with van der Waals surface area (Å²) in [6, 6.07) is 5.59. The first-order chi connectivity index (χ1) is 8.27. The molecule has 86 valence electrons. The molecule has 0 unspecified atom stereocenters. The third-order valence-electron chi connectivity index (χ3n) is 2.82. The third-order valence-corrected chi connectivity index (χ3v) is 3.67. The standard InChI is InChI=1S/C12H10N2O2S/c15-12(16)11-9(7-4-5-7)10(14-17-11)8-3-1-2-6-13-8/h1-3,6-7H,4-5H2,(H,15,16). The minimum atomic E-state index is -0.883. The molecule has 1 saturated carbocycles. The average molecular weight is 246 g/mol. The Labute approximate surface area is 102 Å². The van der Waals surface area contributed by atoms with E-state index < -0.39 is 5.97 Å². The Kier molecular flexibility index (Phi) is 2.40. The van der Waals surface area contributed by atoms with Crippen molar-refractivity contribution >= 4 is 17.5 Å². The van der Waals surface area contributed by atoms with Gasteiger partial charge in [0.15, 0.2) is 0 Å². The van der Waals surface area contributed by atoms with Crippen LogP contribution in [0.4, 0.5) is 0 Å². The van der Waals surface area contributed by atoms with Crippen LogP contribution in [0.1, 0.15) is 34.0 Å². The molecule has 0 radical (unpaired) electrons. The monoisotopic (exact) mass is 246 g/mol. The van der Waals surface area contributed by atoms with Gasteiger partial charge in [0.1, 0.15) is 10.6 Å². The molecule has 17 heavy (non-hydrogen) atoms. The first-order valence-electron chi connectivity index (χ1n) is 5.41. The van der Waals surface area contributed by atoms with E-state index in [1.165, 1.54) is 0 Å². The van der Waals surface area contributed by atoms with Crippen molar-refractivity contribution in [2.75, 3.05) is 0 Å². The van der Waals surface area contributed by atoms with Gasteiger partial charge in [0.25, 0.3) is 0 Å². The molecule has 2 heterocycles. The number of carboxylic acids is 1. The molecular weight excluding hydrogens is 236 g/mol. The van der Waals surface area contributed by atoms with E-state index in [4.69, 9.17) is 5.11 Å². The normalized spacial score (nSPS) is 14.8. The summed E-state index contributed by atoms with van der Waals surface area (Å²) >= 11 is 1.06. The van der Waals surface area contributed by atoms with E-state index in [0.717, 1.165) is 41.3 Å². The van der Waals surface area contributed by atoms with Crippen LogP contribution < -0.4 is 0 Å². The number of nitrogens with zero attached hydrogens (tertiary/aromatic N) is 2. The first-order valence-corrected chi connectivity index (χ1v) is 6.19. The van der Waals surface area contributed by atoms with Crippen LogP contribution in [0, 0.1) is 0 Å². The van der Waals surface area contributed by atoms with Gasteiger partial charge in [0.05, 0.1) is 5.69 Å². The SMILES string of the molecule is O=C(O)c1snc(-c2ccccn2)c1C1CC1. The highest BCUT2D eigenvalue weighted by Crippen LogP contribution is 2.46. The molecule has 0 aromatic carbocycles. The van der Waals surface area contributed by atoms with E-state index in [-0.39, 0.29) is 0 Å². The van der Waals surface area contributed by atoms with Gasteiger partial charge in [0.2, 0.25) is 0 Å².